The zero-order valence-electron chi connectivity index (χ0n) is 18.5. The van der Waals surface area contributed by atoms with Gasteiger partial charge in [-0.05, 0) is 45.6 Å². The highest BCUT2D eigenvalue weighted by molar-refractivity contribution is 5.97. The van der Waals surface area contributed by atoms with Crippen molar-refractivity contribution in [2.24, 2.45) is 28.6 Å². The molecule has 0 aromatic heterocycles. The third-order valence-corrected chi connectivity index (χ3v) is 7.64. The van der Waals surface area contributed by atoms with Gasteiger partial charge in [-0.1, -0.05) is 39.0 Å². The summed E-state index contributed by atoms with van der Waals surface area (Å²) >= 11 is 0. The van der Waals surface area contributed by atoms with E-state index in [1.807, 2.05) is 6.92 Å². The molecular weight excluding hydrogens is 368 g/mol. The Kier molecular flexibility index (Phi) is 5.17. The summed E-state index contributed by atoms with van der Waals surface area (Å²) in [6, 6.07) is 0. The first-order valence-electron chi connectivity index (χ1n) is 10.3. The Balaban J connectivity index is 2.07. The lowest BCUT2D eigenvalue weighted by atomic mass is 9.37. The van der Waals surface area contributed by atoms with Gasteiger partial charge in [0.2, 0.25) is 0 Å². The molecule has 29 heavy (non-hydrogen) atoms. The summed E-state index contributed by atoms with van der Waals surface area (Å²) in [5, 5.41) is 0. The molecule has 4 aliphatic carbocycles. The summed E-state index contributed by atoms with van der Waals surface area (Å²) in [5.41, 5.74) is 0.934. The molecule has 0 heterocycles. The quantitative estimate of drug-likeness (QED) is 0.523. The van der Waals surface area contributed by atoms with E-state index in [0.717, 1.165) is 5.57 Å². The number of carbonyl (C=O) groups is 3. The van der Waals surface area contributed by atoms with E-state index in [4.69, 9.17) is 9.47 Å². The Hall–Kier alpha value is -2.17. The van der Waals surface area contributed by atoms with Crippen molar-refractivity contribution in [2.45, 2.75) is 67.1 Å². The topological polar surface area (TPSA) is 69.7 Å². The van der Waals surface area contributed by atoms with Crippen LogP contribution in [0.3, 0.4) is 0 Å². The molecule has 0 N–H and O–H groups in total. The van der Waals surface area contributed by atoms with Crippen molar-refractivity contribution in [1.82, 2.24) is 0 Å². The van der Waals surface area contributed by atoms with E-state index in [-0.39, 0.29) is 29.5 Å². The van der Waals surface area contributed by atoms with Gasteiger partial charge < -0.3 is 9.47 Å². The van der Waals surface area contributed by atoms with Gasteiger partial charge in [-0.15, -0.1) is 0 Å². The maximum atomic E-state index is 13.0. The molecule has 158 valence electrons. The van der Waals surface area contributed by atoms with Gasteiger partial charge in [-0.25, -0.2) is 9.59 Å². The number of rotatable bonds is 4. The van der Waals surface area contributed by atoms with Gasteiger partial charge in [-0.3, -0.25) is 4.79 Å². The Bertz CT molecular complexity index is 845. The van der Waals surface area contributed by atoms with Crippen LogP contribution in [-0.4, -0.2) is 29.9 Å². The highest BCUT2D eigenvalue weighted by Gasteiger charge is 2.74. The van der Waals surface area contributed by atoms with Crippen molar-refractivity contribution in [1.29, 1.82) is 0 Å². The molecule has 0 saturated heterocycles. The normalized spacial score (nSPS) is 37.6. The molecule has 5 nitrogen and oxygen atoms in total. The molecule has 0 aromatic rings. The van der Waals surface area contributed by atoms with Crippen LogP contribution in [0.5, 0.6) is 0 Å². The van der Waals surface area contributed by atoms with Crippen LogP contribution < -0.4 is 0 Å². The van der Waals surface area contributed by atoms with Gasteiger partial charge in [-0.2, -0.15) is 0 Å². The Morgan fingerprint density at radius 1 is 1.10 bits per heavy atom. The van der Waals surface area contributed by atoms with Crippen LogP contribution in [0.25, 0.3) is 0 Å². The number of fused-ring (bicyclic) bond motifs is 3. The molecule has 0 amide bonds. The monoisotopic (exact) mass is 400 g/mol. The second kappa shape index (κ2) is 6.96. The lowest BCUT2D eigenvalue weighted by Crippen LogP contribution is -2.67. The number of hydrogen-bond donors (Lipinski definition) is 0. The minimum Gasteiger partial charge on any atom is -0.458 e. The highest BCUT2D eigenvalue weighted by atomic mass is 16.6. The second-order valence-corrected chi connectivity index (χ2v) is 9.73. The molecule has 3 saturated carbocycles. The predicted octanol–water partition coefficient (Wildman–Crippen LogP) is 4.18. The fraction of sp³-hybridized carbons (Fsp3) is 0.625. The van der Waals surface area contributed by atoms with Crippen molar-refractivity contribution in [3.05, 3.63) is 35.5 Å². The van der Waals surface area contributed by atoms with Gasteiger partial charge in [0.05, 0.1) is 0 Å². The predicted molar refractivity (Wildman–Crippen MR) is 110 cm³/mol. The van der Waals surface area contributed by atoms with Gasteiger partial charge in [0.15, 0.2) is 5.78 Å². The maximum Gasteiger partial charge on any atom is 0.333 e. The van der Waals surface area contributed by atoms with Crippen molar-refractivity contribution in [2.75, 3.05) is 0 Å². The van der Waals surface area contributed by atoms with Crippen LogP contribution in [0.15, 0.2) is 35.5 Å². The number of ketones is 1. The first-order chi connectivity index (χ1) is 13.4. The van der Waals surface area contributed by atoms with Crippen LogP contribution in [0.4, 0.5) is 0 Å². The van der Waals surface area contributed by atoms with Gasteiger partial charge in [0.1, 0.15) is 12.2 Å². The minimum absolute atomic E-state index is 0.0411. The summed E-state index contributed by atoms with van der Waals surface area (Å²) in [5.74, 6) is -0.855. The zero-order chi connectivity index (χ0) is 21.9. The van der Waals surface area contributed by atoms with Crippen LogP contribution >= 0.6 is 0 Å². The van der Waals surface area contributed by atoms with Crippen LogP contribution in [-0.2, 0) is 23.9 Å². The number of esters is 2. The molecule has 4 bridgehead atoms. The summed E-state index contributed by atoms with van der Waals surface area (Å²) in [6.07, 6.45) is 2.82. The van der Waals surface area contributed by atoms with Crippen molar-refractivity contribution in [3.63, 3.8) is 0 Å². The lowest BCUT2D eigenvalue weighted by Gasteiger charge is -2.65. The Morgan fingerprint density at radius 3 is 2.21 bits per heavy atom. The third kappa shape index (κ3) is 3.01. The molecule has 6 unspecified atom stereocenters. The van der Waals surface area contributed by atoms with Gasteiger partial charge >= 0.3 is 11.9 Å². The smallest absolute Gasteiger partial charge is 0.333 e. The van der Waals surface area contributed by atoms with E-state index in [1.54, 1.807) is 32.9 Å². The van der Waals surface area contributed by atoms with Gasteiger partial charge in [0, 0.05) is 34.3 Å². The minimum atomic E-state index is -0.520. The number of ether oxygens (including phenoxy) is 2. The SMILES string of the molecule is C=C(C)C(=O)OC1CC(OC(=O)C(C)=CC)C2(C)C3C(=O)C=C(C)C2C3C1(C)C. The largest absolute Gasteiger partial charge is 0.458 e. The highest BCUT2D eigenvalue weighted by Crippen LogP contribution is 2.72. The van der Waals surface area contributed by atoms with Crippen molar-refractivity contribution < 1.29 is 23.9 Å². The fourth-order valence-corrected chi connectivity index (χ4v) is 5.87. The maximum absolute atomic E-state index is 13.0. The van der Waals surface area contributed by atoms with E-state index in [9.17, 15) is 14.4 Å². The average Bonchev–Trinajstić information content (AvgIpc) is 2.73. The molecule has 0 aromatic carbocycles. The molecule has 3 fully saturated rings. The summed E-state index contributed by atoms with van der Waals surface area (Å²) in [4.78, 5) is 38.0. The third-order valence-electron chi connectivity index (χ3n) is 7.64. The molecule has 0 radical (unpaired) electrons. The van der Waals surface area contributed by atoms with Crippen LogP contribution in [0, 0.1) is 28.6 Å². The van der Waals surface area contributed by atoms with Crippen LogP contribution in [0.2, 0.25) is 0 Å². The summed E-state index contributed by atoms with van der Waals surface area (Å²) < 4.78 is 11.8. The molecular formula is C24H32O5. The molecule has 4 rings (SSSR count). The van der Waals surface area contributed by atoms with Gasteiger partial charge in [0.25, 0.3) is 0 Å². The lowest BCUT2D eigenvalue weighted by molar-refractivity contribution is -0.202. The molecule has 4 aliphatic rings. The summed E-state index contributed by atoms with van der Waals surface area (Å²) in [6.45, 7) is 17.0. The van der Waals surface area contributed by atoms with E-state index in [0.29, 0.717) is 17.6 Å². The van der Waals surface area contributed by atoms with E-state index in [2.05, 4.69) is 27.4 Å². The number of hydrogen-bond acceptors (Lipinski definition) is 5. The standard InChI is InChI=1S/C24H32O5/c1-9-13(4)22(27)29-17-11-16(28-21(26)12(2)3)23(6,7)20-18-14(5)10-15(25)19(20)24(17,18)8/h9-10,16-20H,2,11H2,1,3-8H3. The first kappa shape index (κ1) is 21.5. The Labute approximate surface area is 173 Å². The van der Waals surface area contributed by atoms with Crippen molar-refractivity contribution >= 4 is 17.7 Å². The molecule has 0 spiro atoms. The molecule has 6 atom stereocenters. The number of allylic oxidation sites excluding steroid dienone is 3. The van der Waals surface area contributed by atoms with E-state index in [1.165, 1.54) is 0 Å². The first-order valence-corrected chi connectivity index (χ1v) is 10.3. The number of carbonyl (C=O) groups excluding carboxylic acids is 3. The molecule has 5 heteroatoms. The molecule has 0 aliphatic heterocycles. The second-order valence-electron chi connectivity index (χ2n) is 9.73. The average molecular weight is 401 g/mol. The van der Waals surface area contributed by atoms with E-state index >= 15 is 0 Å². The van der Waals surface area contributed by atoms with Crippen molar-refractivity contribution in [3.8, 4) is 0 Å². The Morgan fingerprint density at radius 2 is 1.69 bits per heavy atom. The zero-order valence-corrected chi connectivity index (χ0v) is 18.5. The summed E-state index contributed by atoms with van der Waals surface area (Å²) in [7, 11) is 0. The fourth-order valence-electron chi connectivity index (χ4n) is 5.87. The van der Waals surface area contributed by atoms with E-state index < -0.39 is 29.0 Å². The van der Waals surface area contributed by atoms with Crippen LogP contribution in [0.1, 0.15) is 54.9 Å².